The minimum absolute atomic E-state index is 0.639. The molecule has 1 unspecified atom stereocenters. The van der Waals surface area contributed by atoms with Crippen molar-refractivity contribution < 1.29 is 0 Å². The van der Waals surface area contributed by atoms with Crippen LogP contribution < -0.4 is 5.32 Å². The van der Waals surface area contributed by atoms with E-state index in [-0.39, 0.29) is 0 Å². The van der Waals surface area contributed by atoms with Crippen LogP contribution in [0.3, 0.4) is 0 Å². The Hall–Kier alpha value is -1.26. The molecule has 18 heavy (non-hydrogen) atoms. The van der Waals surface area contributed by atoms with Gasteiger partial charge in [0.1, 0.15) is 0 Å². The summed E-state index contributed by atoms with van der Waals surface area (Å²) < 4.78 is 0. The Kier molecular flexibility index (Phi) is 8.01. The van der Waals surface area contributed by atoms with Crippen molar-refractivity contribution in [2.75, 3.05) is 6.54 Å². The topological polar surface area (TPSA) is 12.0 Å². The van der Waals surface area contributed by atoms with Gasteiger partial charge in [-0.1, -0.05) is 63.1 Å². The second-order valence-corrected chi connectivity index (χ2v) is 4.68. The van der Waals surface area contributed by atoms with E-state index < -0.39 is 0 Å². The maximum atomic E-state index is 3.55. The molecule has 0 amide bonds. The SMILES string of the molecule is CCCCC(CCC)NCC#Cc1ccccc1. The lowest BCUT2D eigenvalue weighted by Gasteiger charge is -2.15. The van der Waals surface area contributed by atoms with Crippen LogP contribution in [0.25, 0.3) is 0 Å². The first-order chi connectivity index (χ1) is 8.86. The van der Waals surface area contributed by atoms with Crippen molar-refractivity contribution >= 4 is 0 Å². The molecule has 0 saturated heterocycles. The fourth-order valence-electron chi connectivity index (χ4n) is 2.01. The van der Waals surface area contributed by atoms with Gasteiger partial charge in [-0.05, 0) is 25.0 Å². The monoisotopic (exact) mass is 243 g/mol. The quantitative estimate of drug-likeness (QED) is 0.714. The van der Waals surface area contributed by atoms with Crippen molar-refractivity contribution in [3.63, 3.8) is 0 Å². The summed E-state index contributed by atoms with van der Waals surface area (Å²) in [4.78, 5) is 0. The molecular weight excluding hydrogens is 218 g/mol. The van der Waals surface area contributed by atoms with Gasteiger partial charge in [-0.3, -0.25) is 0 Å². The van der Waals surface area contributed by atoms with E-state index in [1.807, 2.05) is 30.3 Å². The molecule has 0 saturated carbocycles. The summed E-state index contributed by atoms with van der Waals surface area (Å²) in [5, 5.41) is 3.55. The molecule has 1 atom stereocenters. The molecule has 1 aromatic rings. The third-order valence-electron chi connectivity index (χ3n) is 3.03. The first-order valence-corrected chi connectivity index (χ1v) is 7.14. The zero-order valence-electron chi connectivity index (χ0n) is 11.7. The van der Waals surface area contributed by atoms with E-state index >= 15 is 0 Å². The maximum absolute atomic E-state index is 3.55. The molecule has 1 rings (SSSR count). The molecule has 0 radical (unpaired) electrons. The lowest BCUT2D eigenvalue weighted by atomic mass is 10.1. The average Bonchev–Trinajstić information content (AvgIpc) is 2.42. The van der Waals surface area contributed by atoms with Crippen molar-refractivity contribution in [2.45, 2.75) is 52.0 Å². The van der Waals surface area contributed by atoms with Crippen molar-refractivity contribution in [1.82, 2.24) is 5.32 Å². The van der Waals surface area contributed by atoms with E-state index in [9.17, 15) is 0 Å². The number of hydrogen-bond acceptors (Lipinski definition) is 1. The Morgan fingerprint density at radius 3 is 2.50 bits per heavy atom. The van der Waals surface area contributed by atoms with Crippen LogP contribution in [-0.2, 0) is 0 Å². The number of rotatable bonds is 7. The number of nitrogens with one attached hydrogen (secondary N) is 1. The van der Waals surface area contributed by atoms with Crippen LogP contribution in [0.5, 0.6) is 0 Å². The molecular formula is C17H25N. The summed E-state index contributed by atoms with van der Waals surface area (Å²) in [6.07, 6.45) is 6.36. The molecule has 0 aliphatic rings. The van der Waals surface area contributed by atoms with Gasteiger partial charge < -0.3 is 5.32 Å². The average molecular weight is 243 g/mol. The van der Waals surface area contributed by atoms with Gasteiger partial charge >= 0.3 is 0 Å². The number of hydrogen-bond donors (Lipinski definition) is 1. The molecule has 0 bridgehead atoms. The Bertz CT molecular complexity index is 358. The zero-order chi connectivity index (χ0) is 13.1. The van der Waals surface area contributed by atoms with Crippen molar-refractivity contribution in [2.24, 2.45) is 0 Å². The lowest BCUT2D eigenvalue weighted by Crippen LogP contribution is -2.29. The molecule has 0 heterocycles. The highest BCUT2D eigenvalue weighted by atomic mass is 14.9. The summed E-state index contributed by atoms with van der Waals surface area (Å²) in [5.41, 5.74) is 1.10. The fraction of sp³-hybridized carbons (Fsp3) is 0.529. The van der Waals surface area contributed by atoms with Gasteiger partial charge in [-0.15, -0.1) is 0 Å². The molecule has 0 aliphatic heterocycles. The smallest absolute Gasteiger partial charge is 0.0582 e. The highest BCUT2D eigenvalue weighted by molar-refractivity contribution is 5.33. The molecule has 98 valence electrons. The van der Waals surface area contributed by atoms with Crippen LogP contribution in [0.15, 0.2) is 30.3 Å². The van der Waals surface area contributed by atoms with Gasteiger partial charge in [0.15, 0.2) is 0 Å². The summed E-state index contributed by atoms with van der Waals surface area (Å²) in [6.45, 7) is 5.29. The van der Waals surface area contributed by atoms with Crippen LogP contribution in [0.1, 0.15) is 51.5 Å². The number of unbranched alkanes of at least 4 members (excludes halogenated alkanes) is 1. The summed E-state index contributed by atoms with van der Waals surface area (Å²) in [7, 11) is 0. The van der Waals surface area contributed by atoms with E-state index in [1.54, 1.807) is 0 Å². The van der Waals surface area contributed by atoms with Crippen molar-refractivity contribution in [3.8, 4) is 11.8 Å². The summed E-state index contributed by atoms with van der Waals surface area (Å²) in [5.74, 6) is 6.39. The fourth-order valence-corrected chi connectivity index (χ4v) is 2.01. The van der Waals surface area contributed by atoms with Gasteiger partial charge in [0.25, 0.3) is 0 Å². The zero-order valence-corrected chi connectivity index (χ0v) is 11.7. The third-order valence-corrected chi connectivity index (χ3v) is 3.03. The molecule has 1 heteroatoms. The minimum Gasteiger partial charge on any atom is -0.303 e. The molecule has 1 N–H and O–H groups in total. The molecule has 0 fully saturated rings. The predicted octanol–water partition coefficient (Wildman–Crippen LogP) is 3.99. The van der Waals surface area contributed by atoms with Crippen LogP contribution >= 0.6 is 0 Å². The van der Waals surface area contributed by atoms with Gasteiger partial charge in [-0.25, -0.2) is 0 Å². The standard InChI is InChI=1S/C17H25N/c1-3-5-14-17(10-4-2)18-15-9-13-16-11-7-6-8-12-16/h6-8,11-12,17-18H,3-5,10,14-15H2,1-2H3. The third kappa shape index (κ3) is 6.47. The normalized spacial score (nSPS) is 11.7. The van der Waals surface area contributed by atoms with E-state index in [0.717, 1.165) is 12.1 Å². The van der Waals surface area contributed by atoms with E-state index in [2.05, 4.69) is 31.0 Å². The van der Waals surface area contributed by atoms with E-state index in [0.29, 0.717) is 6.04 Å². The predicted molar refractivity (Wildman–Crippen MR) is 79.5 cm³/mol. The lowest BCUT2D eigenvalue weighted by molar-refractivity contribution is 0.455. The van der Waals surface area contributed by atoms with Crippen molar-refractivity contribution in [3.05, 3.63) is 35.9 Å². The first-order valence-electron chi connectivity index (χ1n) is 7.14. The summed E-state index contributed by atoms with van der Waals surface area (Å²) in [6, 6.07) is 10.8. The van der Waals surface area contributed by atoms with E-state index in [1.165, 1.54) is 32.1 Å². The Balaban J connectivity index is 2.32. The first kappa shape index (κ1) is 14.8. The van der Waals surface area contributed by atoms with Crippen LogP contribution in [0, 0.1) is 11.8 Å². The second-order valence-electron chi connectivity index (χ2n) is 4.68. The van der Waals surface area contributed by atoms with Crippen LogP contribution in [-0.4, -0.2) is 12.6 Å². The highest BCUT2D eigenvalue weighted by Crippen LogP contribution is 2.06. The van der Waals surface area contributed by atoms with Gasteiger partial charge in [0.05, 0.1) is 6.54 Å². The highest BCUT2D eigenvalue weighted by Gasteiger charge is 2.04. The second kappa shape index (κ2) is 9.74. The molecule has 1 aromatic carbocycles. The Labute approximate surface area is 112 Å². The molecule has 0 aromatic heterocycles. The van der Waals surface area contributed by atoms with Gasteiger partial charge in [-0.2, -0.15) is 0 Å². The summed E-state index contributed by atoms with van der Waals surface area (Å²) >= 11 is 0. The van der Waals surface area contributed by atoms with Crippen LogP contribution in [0.2, 0.25) is 0 Å². The largest absolute Gasteiger partial charge is 0.303 e. The number of benzene rings is 1. The van der Waals surface area contributed by atoms with Crippen LogP contribution in [0.4, 0.5) is 0 Å². The van der Waals surface area contributed by atoms with Crippen molar-refractivity contribution in [1.29, 1.82) is 0 Å². The minimum atomic E-state index is 0.639. The molecule has 0 aliphatic carbocycles. The van der Waals surface area contributed by atoms with Gasteiger partial charge in [0, 0.05) is 11.6 Å². The van der Waals surface area contributed by atoms with Gasteiger partial charge in [0.2, 0.25) is 0 Å². The van der Waals surface area contributed by atoms with E-state index in [4.69, 9.17) is 0 Å². The Morgan fingerprint density at radius 2 is 1.83 bits per heavy atom. The Morgan fingerprint density at radius 1 is 1.06 bits per heavy atom. The molecule has 0 spiro atoms. The maximum Gasteiger partial charge on any atom is 0.0582 e. The molecule has 1 nitrogen and oxygen atoms in total.